The van der Waals surface area contributed by atoms with Gasteiger partial charge in [-0.1, -0.05) is 19.1 Å². The number of oxazole rings is 1. The Morgan fingerprint density at radius 3 is 2.62 bits per heavy atom. The third-order valence-corrected chi connectivity index (χ3v) is 4.59. The molecule has 0 saturated heterocycles. The molecule has 0 amide bonds. The molecule has 29 heavy (non-hydrogen) atoms. The maximum Gasteiger partial charge on any atom is 0.333 e. The minimum atomic E-state index is -0.959. The lowest BCUT2D eigenvalue weighted by molar-refractivity contribution is -0.153. The van der Waals surface area contributed by atoms with Crippen molar-refractivity contribution in [1.82, 2.24) is 4.98 Å². The third kappa shape index (κ3) is 5.48. The van der Waals surface area contributed by atoms with Crippen LogP contribution >= 0.6 is 0 Å². The van der Waals surface area contributed by atoms with Crippen molar-refractivity contribution in [3.8, 4) is 17.4 Å². The van der Waals surface area contributed by atoms with Crippen LogP contribution in [0.1, 0.15) is 37.3 Å². The lowest BCUT2D eigenvalue weighted by atomic mass is 10.1. The van der Waals surface area contributed by atoms with E-state index in [2.05, 4.69) is 4.98 Å². The summed E-state index contributed by atoms with van der Waals surface area (Å²) in [7, 11) is 0. The highest BCUT2D eigenvalue weighted by atomic mass is 16.5. The molecule has 0 bridgehead atoms. The lowest BCUT2D eigenvalue weighted by Gasteiger charge is -2.18. The van der Waals surface area contributed by atoms with Gasteiger partial charge in [-0.05, 0) is 50.1 Å². The Kier molecular flexibility index (Phi) is 6.72. The summed E-state index contributed by atoms with van der Waals surface area (Å²) in [6, 6.07) is 10.9. The Morgan fingerprint density at radius 1 is 1.24 bits per heavy atom. The number of hydrogen-bond acceptors (Lipinski definition) is 6. The maximum atomic E-state index is 11.4. The quantitative estimate of drug-likeness (QED) is 0.531. The summed E-state index contributed by atoms with van der Waals surface area (Å²) >= 11 is 0. The normalized spacial score (nSPS) is 13.2. The van der Waals surface area contributed by atoms with E-state index in [0.717, 1.165) is 12.0 Å². The van der Waals surface area contributed by atoms with E-state index in [4.69, 9.17) is 18.3 Å². The zero-order valence-electron chi connectivity index (χ0n) is 16.8. The van der Waals surface area contributed by atoms with Gasteiger partial charge in [-0.3, -0.25) is 0 Å². The lowest BCUT2D eigenvalue weighted by Crippen LogP contribution is -2.30. The first-order chi connectivity index (χ1) is 14.0. The number of aryl methyl sites for hydroxylation is 1. The summed E-state index contributed by atoms with van der Waals surface area (Å²) in [6.45, 7) is 5.91. The second-order valence-corrected chi connectivity index (χ2v) is 6.82. The number of carbonyl (C=O) groups is 1. The van der Waals surface area contributed by atoms with E-state index in [-0.39, 0.29) is 12.7 Å². The van der Waals surface area contributed by atoms with Crippen molar-refractivity contribution in [2.75, 3.05) is 0 Å². The summed E-state index contributed by atoms with van der Waals surface area (Å²) in [5.74, 6) is 1.35. The minimum absolute atomic E-state index is 0.101. The molecule has 154 valence electrons. The number of aromatic nitrogens is 1. The molecular formula is C22H25NO6. The number of aliphatic carboxylic acids is 1. The van der Waals surface area contributed by atoms with Crippen LogP contribution in [0.3, 0.4) is 0 Å². The molecule has 0 aliphatic carbocycles. The van der Waals surface area contributed by atoms with E-state index in [1.165, 1.54) is 0 Å². The predicted octanol–water partition coefficient (Wildman–Crippen LogP) is 4.63. The van der Waals surface area contributed by atoms with Gasteiger partial charge >= 0.3 is 5.97 Å². The molecule has 7 heteroatoms. The van der Waals surface area contributed by atoms with E-state index >= 15 is 0 Å². The van der Waals surface area contributed by atoms with Crippen molar-refractivity contribution in [2.24, 2.45) is 0 Å². The van der Waals surface area contributed by atoms with E-state index in [0.29, 0.717) is 35.3 Å². The molecule has 7 nitrogen and oxygen atoms in total. The number of furan rings is 1. The van der Waals surface area contributed by atoms with Gasteiger partial charge in [0.05, 0.1) is 12.4 Å². The number of benzene rings is 1. The number of carboxylic acid groups (broad SMARTS) is 1. The Bertz CT molecular complexity index is 913. The summed E-state index contributed by atoms with van der Waals surface area (Å²) < 4.78 is 22.3. The van der Waals surface area contributed by atoms with E-state index in [1.807, 2.05) is 32.9 Å². The molecule has 2 atom stereocenters. The van der Waals surface area contributed by atoms with Crippen LogP contribution < -0.4 is 4.74 Å². The van der Waals surface area contributed by atoms with Crippen molar-refractivity contribution in [3.05, 3.63) is 59.7 Å². The minimum Gasteiger partial charge on any atom is -0.487 e. The Hall–Kier alpha value is -3.06. The second-order valence-electron chi connectivity index (χ2n) is 6.82. The summed E-state index contributed by atoms with van der Waals surface area (Å²) in [5, 5.41) is 9.37. The fourth-order valence-electron chi connectivity index (χ4n) is 2.73. The van der Waals surface area contributed by atoms with Gasteiger partial charge in [-0.15, -0.1) is 0 Å². The summed E-state index contributed by atoms with van der Waals surface area (Å²) in [5.41, 5.74) is 1.55. The van der Waals surface area contributed by atoms with Crippen LogP contribution in [0, 0.1) is 6.92 Å². The zero-order valence-corrected chi connectivity index (χ0v) is 16.8. The molecule has 2 aromatic heterocycles. The van der Waals surface area contributed by atoms with Gasteiger partial charge < -0.3 is 23.4 Å². The largest absolute Gasteiger partial charge is 0.487 e. The van der Waals surface area contributed by atoms with Crippen LogP contribution in [-0.4, -0.2) is 28.3 Å². The van der Waals surface area contributed by atoms with Crippen molar-refractivity contribution < 1.29 is 28.2 Å². The second kappa shape index (κ2) is 9.43. The number of nitrogens with zero attached hydrogens (tertiary/aromatic N) is 1. The highest BCUT2D eigenvalue weighted by Crippen LogP contribution is 2.23. The van der Waals surface area contributed by atoms with Gasteiger partial charge in [0.25, 0.3) is 5.89 Å². The molecule has 0 fully saturated rings. The standard InChI is InChI=1S/C22H25NO6/c1-4-14(2)28-20(22(24)25)12-16-7-9-17(10-8-16)27-13-18-15(3)29-21(23-18)19-6-5-11-26-19/h5-11,14,20H,4,12-13H2,1-3H3,(H,24,25). The van der Waals surface area contributed by atoms with Crippen LogP contribution in [0.15, 0.2) is 51.5 Å². The molecule has 2 unspecified atom stereocenters. The summed E-state index contributed by atoms with van der Waals surface area (Å²) in [4.78, 5) is 15.8. The first-order valence-electron chi connectivity index (χ1n) is 9.56. The highest BCUT2D eigenvalue weighted by molar-refractivity contribution is 5.72. The number of ether oxygens (including phenoxy) is 2. The Morgan fingerprint density at radius 2 is 2.00 bits per heavy atom. The SMILES string of the molecule is CCC(C)OC(Cc1ccc(OCc2nc(-c3ccco3)oc2C)cc1)C(=O)O. The maximum absolute atomic E-state index is 11.4. The van der Waals surface area contributed by atoms with Gasteiger partial charge in [-0.25, -0.2) is 9.78 Å². The third-order valence-electron chi connectivity index (χ3n) is 4.59. The van der Waals surface area contributed by atoms with Gasteiger partial charge in [0, 0.05) is 6.42 Å². The predicted molar refractivity (Wildman–Crippen MR) is 106 cm³/mol. The van der Waals surface area contributed by atoms with Crippen LogP contribution in [0.4, 0.5) is 0 Å². The van der Waals surface area contributed by atoms with Crippen molar-refractivity contribution >= 4 is 5.97 Å². The van der Waals surface area contributed by atoms with Crippen LogP contribution in [0.2, 0.25) is 0 Å². The van der Waals surface area contributed by atoms with Crippen LogP contribution in [-0.2, 0) is 22.6 Å². The van der Waals surface area contributed by atoms with Crippen LogP contribution in [0.5, 0.6) is 5.75 Å². The Labute approximate surface area is 169 Å². The molecular weight excluding hydrogens is 374 g/mol. The number of hydrogen-bond donors (Lipinski definition) is 1. The molecule has 0 aliphatic heterocycles. The molecule has 1 aromatic carbocycles. The summed E-state index contributed by atoms with van der Waals surface area (Å²) in [6.07, 6.45) is 1.66. The smallest absolute Gasteiger partial charge is 0.333 e. The topological polar surface area (TPSA) is 94.9 Å². The molecule has 0 aliphatic rings. The fourth-order valence-corrected chi connectivity index (χ4v) is 2.73. The monoisotopic (exact) mass is 399 g/mol. The van der Waals surface area contributed by atoms with E-state index in [1.54, 1.807) is 30.5 Å². The fraction of sp³-hybridized carbons (Fsp3) is 0.364. The molecule has 0 radical (unpaired) electrons. The molecule has 0 saturated carbocycles. The van der Waals surface area contributed by atoms with E-state index in [9.17, 15) is 9.90 Å². The number of carboxylic acids is 1. The molecule has 3 aromatic rings. The average molecular weight is 399 g/mol. The molecule has 0 spiro atoms. The van der Waals surface area contributed by atoms with Gasteiger partial charge in [-0.2, -0.15) is 0 Å². The van der Waals surface area contributed by atoms with Crippen molar-refractivity contribution in [3.63, 3.8) is 0 Å². The van der Waals surface area contributed by atoms with Crippen LogP contribution in [0.25, 0.3) is 11.7 Å². The van der Waals surface area contributed by atoms with Gasteiger partial charge in [0.15, 0.2) is 11.9 Å². The van der Waals surface area contributed by atoms with Gasteiger partial charge in [0.2, 0.25) is 0 Å². The van der Waals surface area contributed by atoms with E-state index < -0.39 is 12.1 Å². The number of rotatable bonds is 10. The molecule has 1 N–H and O–H groups in total. The molecule has 2 heterocycles. The first-order valence-corrected chi connectivity index (χ1v) is 9.56. The van der Waals surface area contributed by atoms with Crippen molar-refractivity contribution in [1.29, 1.82) is 0 Å². The molecule has 3 rings (SSSR count). The Balaban J connectivity index is 1.59. The van der Waals surface area contributed by atoms with Gasteiger partial charge in [0.1, 0.15) is 23.8 Å². The van der Waals surface area contributed by atoms with Crippen molar-refractivity contribution in [2.45, 2.75) is 52.4 Å². The first kappa shape index (κ1) is 20.7. The average Bonchev–Trinajstić information content (AvgIpc) is 3.36. The highest BCUT2D eigenvalue weighted by Gasteiger charge is 2.21. The zero-order chi connectivity index (χ0) is 20.8.